The minimum absolute atomic E-state index is 0.00542. The summed E-state index contributed by atoms with van der Waals surface area (Å²) in [6.45, 7) is 4.81. The third-order valence-corrected chi connectivity index (χ3v) is 4.64. The zero-order chi connectivity index (χ0) is 22.3. The summed E-state index contributed by atoms with van der Waals surface area (Å²) in [6, 6.07) is 6.12. The number of halogens is 4. The third kappa shape index (κ3) is 4.95. The van der Waals surface area contributed by atoms with Crippen molar-refractivity contribution in [1.29, 1.82) is 0 Å². The van der Waals surface area contributed by atoms with Crippen LogP contribution in [0, 0.1) is 5.82 Å². The van der Waals surface area contributed by atoms with Crippen LogP contribution in [0.5, 0.6) is 17.2 Å². The van der Waals surface area contributed by atoms with Gasteiger partial charge in [-0.2, -0.15) is 0 Å². The molecule has 2 aromatic carbocycles. The number of fused-ring (bicyclic) bond motifs is 1. The number of alkyl halides is 3. The van der Waals surface area contributed by atoms with Gasteiger partial charge in [-0.25, -0.2) is 4.39 Å². The van der Waals surface area contributed by atoms with Gasteiger partial charge in [0.1, 0.15) is 35.3 Å². The first-order valence-corrected chi connectivity index (χ1v) is 9.10. The predicted octanol–water partition coefficient (Wildman–Crippen LogP) is 5.20. The van der Waals surface area contributed by atoms with Crippen molar-refractivity contribution < 1.29 is 41.7 Å². The summed E-state index contributed by atoms with van der Waals surface area (Å²) in [5.74, 6) is -3.17. The SMILES string of the molecule is CC(C(=O)O)c1ccc(OCc2cc(F)cc3c2OC(C)(C)C3)cc1OC(F)(F)F. The monoisotopic (exact) mass is 428 g/mol. The number of benzene rings is 2. The van der Waals surface area contributed by atoms with Crippen LogP contribution in [-0.2, 0) is 17.8 Å². The number of carboxylic acid groups (broad SMARTS) is 1. The summed E-state index contributed by atoms with van der Waals surface area (Å²) < 4.78 is 67.6. The van der Waals surface area contributed by atoms with E-state index < -0.39 is 35.4 Å². The molecular weight excluding hydrogens is 408 g/mol. The van der Waals surface area contributed by atoms with Crippen LogP contribution in [0.1, 0.15) is 43.4 Å². The molecule has 0 saturated carbocycles. The number of ether oxygens (including phenoxy) is 3. The van der Waals surface area contributed by atoms with Crippen molar-refractivity contribution in [2.75, 3.05) is 0 Å². The molecular formula is C21H20F4O5. The summed E-state index contributed by atoms with van der Waals surface area (Å²) >= 11 is 0. The van der Waals surface area contributed by atoms with Gasteiger partial charge in [0, 0.05) is 29.2 Å². The average molecular weight is 428 g/mol. The van der Waals surface area contributed by atoms with Gasteiger partial charge in [0.2, 0.25) is 0 Å². The van der Waals surface area contributed by atoms with Crippen LogP contribution in [0.3, 0.4) is 0 Å². The van der Waals surface area contributed by atoms with Crippen molar-refractivity contribution in [1.82, 2.24) is 0 Å². The van der Waals surface area contributed by atoms with E-state index in [2.05, 4.69) is 4.74 Å². The predicted molar refractivity (Wildman–Crippen MR) is 98.3 cm³/mol. The second-order valence-electron chi connectivity index (χ2n) is 7.69. The second-order valence-corrected chi connectivity index (χ2v) is 7.69. The largest absolute Gasteiger partial charge is 0.573 e. The van der Waals surface area contributed by atoms with Crippen molar-refractivity contribution in [3.8, 4) is 17.2 Å². The van der Waals surface area contributed by atoms with Gasteiger partial charge in [0.25, 0.3) is 0 Å². The Morgan fingerprint density at radius 3 is 2.60 bits per heavy atom. The van der Waals surface area contributed by atoms with E-state index in [9.17, 15) is 22.4 Å². The fourth-order valence-corrected chi connectivity index (χ4v) is 3.32. The Kier molecular flexibility index (Phi) is 5.58. The molecule has 0 aliphatic carbocycles. The Hall–Kier alpha value is -2.97. The van der Waals surface area contributed by atoms with Crippen molar-refractivity contribution in [3.05, 3.63) is 52.8 Å². The summed E-state index contributed by atoms with van der Waals surface area (Å²) in [6.07, 6.45) is -4.49. The topological polar surface area (TPSA) is 65.0 Å². The lowest BCUT2D eigenvalue weighted by Crippen LogP contribution is -2.25. The fourth-order valence-electron chi connectivity index (χ4n) is 3.32. The lowest BCUT2D eigenvalue weighted by atomic mass is 10.00. The molecule has 1 aliphatic rings. The van der Waals surface area contributed by atoms with Gasteiger partial charge in [-0.05, 0) is 39.0 Å². The Morgan fingerprint density at radius 2 is 1.97 bits per heavy atom. The van der Waals surface area contributed by atoms with E-state index in [-0.39, 0.29) is 17.9 Å². The number of hydrogen-bond donors (Lipinski definition) is 1. The van der Waals surface area contributed by atoms with Gasteiger partial charge >= 0.3 is 12.3 Å². The molecule has 1 aliphatic heterocycles. The van der Waals surface area contributed by atoms with Crippen LogP contribution in [-0.4, -0.2) is 23.0 Å². The molecule has 1 atom stereocenters. The molecule has 9 heteroatoms. The molecule has 1 heterocycles. The molecule has 0 saturated heterocycles. The zero-order valence-electron chi connectivity index (χ0n) is 16.5. The van der Waals surface area contributed by atoms with E-state index in [1.54, 1.807) is 0 Å². The lowest BCUT2D eigenvalue weighted by Gasteiger charge is -2.19. The maximum atomic E-state index is 14.0. The Bertz CT molecular complexity index is 969. The Labute approximate surface area is 170 Å². The van der Waals surface area contributed by atoms with Gasteiger partial charge in [-0.3, -0.25) is 4.79 Å². The number of carbonyl (C=O) groups is 1. The van der Waals surface area contributed by atoms with Crippen molar-refractivity contribution in [2.45, 2.75) is 51.7 Å². The molecule has 3 rings (SSSR count). The van der Waals surface area contributed by atoms with Crippen LogP contribution in [0.25, 0.3) is 0 Å². The van der Waals surface area contributed by atoms with Crippen molar-refractivity contribution in [3.63, 3.8) is 0 Å². The summed E-state index contributed by atoms with van der Waals surface area (Å²) in [7, 11) is 0. The smallest absolute Gasteiger partial charge is 0.489 e. The van der Waals surface area contributed by atoms with Crippen LogP contribution in [0.15, 0.2) is 30.3 Å². The Balaban J connectivity index is 1.86. The average Bonchev–Trinajstić information content (AvgIpc) is 2.91. The minimum atomic E-state index is -5.01. The van der Waals surface area contributed by atoms with E-state index in [4.69, 9.17) is 14.6 Å². The van der Waals surface area contributed by atoms with Crippen molar-refractivity contribution in [2.24, 2.45) is 0 Å². The molecule has 2 aromatic rings. The molecule has 5 nitrogen and oxygen atoms in total. The third-order valence-electron chi connectivity index (χ3n) is 4.64. The highest BCUT2D eigenvalue weighted by Gasteiger charge is 2.34. The minimum Gasteiger partial charge on any atom is -0.489 e. The highest BCUT2D eigenvalue weighted by molar-refractivity contribution is 5.76. The molecule has 0 spiro atoms. The molecule has 1 N–H and O–H groups in total. The number of hydrogen-bond acceptors (Lipinski definition) is 4. The van der Waals surface area contributed by atoms with Gasteiger partial charge in [0.05, 0.1) is 5.92 Å². The Morgan fingerprint density at radius 1 is 1.27 bits per heavy atom. The van der Waals surface area contributed by atoms with E-state index in [1.807, 2.05) is 13.8 Å². The molecule has 0 radical (unpaired) electrons. The summed E-state index contributed by atoms with van der Waals surface area (Å²) in [5, 5.41) is 9.12. The molecule has 0 amide bonds. The van der Waals surface area contributed by atoms with Gasteiger partial charge in [-0.1, -0.05) is 6.07 Å². The molecule has 30 heavy (non-hydrogen) atoms. The summed E-state index contributed by atoms with van der Waals surface area (Å²) in [4.78, 5) is 11.2. The molecule has 1 unspecified atom stereocenters. The molecule has 162 valence electrons. The first-order chi connectivity index (χ1) is 13.8. The lowest BCUT2D eigenvalue weighted by molar-refractivity contribution is -0.275. The molecule has 0 fully saturated rings. The van der Waals surface area contributed by atoms with Crippen LogP contribution >= 0.6 is 0 Å². The maximum Gasteiger partial charge on any atom is 0.573 e. The quantitative estimate of drug-likeness (QED) is 0.641. The van der Waals surface area contributed by atoms with E-state index in [1.165, 1.54) is 31.2 Å². The van der Waals surface area contributed by atoms with E-state index in [0.29, 0.717) is 23.3 Å². The highest BCUT2D eigenvalue weighted by Crippen LogP contribution is 2.39. The van der Waals surface area contributed by atoms with Crippen LogP contribution in [0.2, 0.25) is 0 Å². The standard InChI is InChI=1S/C21H20F4O5/c1-11(19(26)27)16-5-4-15(8-17(16)29-21(23,24)25)28-10-13-7-14(22)6-12-9-20(2,3)30-18(12)13/h4-8,11H,9-10H2,1-3H3,(H,26,27). The van der Waals surface area contributed by atoms with Gasteiger partial charge in [0.15, 0.2) is 0 Å². The first-order valence-electron chi connectivity index (χ1n) is 9.10. The van der Waals surface area contributed by atoms with Crippen molar-refractivity contribution >= 4 is 5.97 Å². The second kappa shape index (κ2) is 7.70. The van der Waals surface area contributed by atoms with Gasteiger partial charge < -0.3 is 19.3 Å². The summed E-state index contributed by atoms with van der Waals surface area (Å²) in [5.41, 5.74) is 0.443. The maximum absolute atomic E-state index is 14.0. The molecule has 0 bridgehead atoms. The highest BCUT2D eigenvalue weighted by atomic mass is 19.4. The van der Waals surface area contributed by atoms with E-state index in [0.717, 1.165) is 6.07 Å². The van der Waals surface area contributed by atoms with E-state index >= 15 is 0 Å². The fraction of sp³-hybridized carbons (Fsp3) is 0.381. The number of rotatable bonds is 6. The molecule has 0 aromatic heterocycles. The van der Waals surface area contributed by atoms with Crippen LogP contribution < -0.4 is 14.2 Å². The number of aliphatic carboxylic acids is 1. The first kappa shape index (κ1) is 21.7. The van der Waals surface area contributed by atoms with Gasteiger partial charge in [-0.15, -0.1) is 13.2 Å². The van der Waals surface area contributed by atoms with Crippen LogP contribution in [0.4, 0.5) is 17.6 Å². The number of carboxylic acids is 1. The normalized spacial score (nSPS) is 15.8. The zero-order valence-corrected chi connectivity index (χ0v) is 16.5.